The molecular weight excluding hydrogens is 278 g/mol. The smallest absolute Gasteiger partial charge is 0.253 e. The number of aryl methyl sites for hydroxylation is 1. The van der Waals surface area contributed by atoms with Crippen LogP contribution in [0.5, 0.6) is 0 Å². The minimum Gasteiger partial charge on any atom is -0.339 e. The first kappa shape index (κ1) is 14.7. The predicted octanol–water partition coefficient (Wildman–Crippen LogP) is 2.23. The number of piperidine rings is 1. The van der Waals surface area contributed by atoms with Gasteiger partial charge >= 0.3 is 0 Å². The van der Waals surface area contributed by atoms with Gasteiger partial charge in [0, 0.05) is 30.8 Å². The molecule has 0 saturated carbocycles. The van der Waals surface area contributed by atoms with Crippen LogP contribution in [-0.2, 0) is 6.54 Å². The molecule has 1 aromatic heterocycles. The van der Waals surface area contributed by atoms with Crippen LogP contribution < -0.4 is 0 Å². The highest BCUT2D eigenvalue weighted by Gasteiger charge is 2.22. The Bertz CT molecular complexity index is 658. The monoisotopic (exact) mass is 299 g/mol. The molecule has 0 N–H and O–H groups in total. The number of likely N-dealkylation sites (tertiary alicyclic amines) is 1. The molecule has 0 bridgehead atoms. The van der Waals surface area contributed by atoms with E-state index in [1.54, 1.807) is 4.68 Å². The number of aromatic nitrogens is 4. The van der Waals surface area contributed by atoms with E-state index in [1.807, 2.05) is 36.1 Å². The van der Waals surface area contributed by atoms with Crippen LogP contribution in [0.3, 0.4) is 0 Å². The van der Waals surface area contributed by atoms with E-state index < -0.39 is 0 Å². The quantitative estimate of drug-likeness (QED) is 0.872. The second-order valence-corrected chi connectivity index (χ2v) is 5.87. The number of carbonyl (C=O) groups is 1. The van der Waals surface area contributed by atoms with Gasteiger partial charge in [0.05, 0.1) is 0 Å². The fourth-order valence-corrected chi connectivity index (χ4v) is 2.81. The van der Waals surface area contributed by atoms with Crippen molar-refractivity contribution in [2.45, 2.75) is 33.2 Å². The maximum Gasteiger partial charge on any atom is 0.253 e. The van der Waals surface area contributed by atoms with Crippen molar-refractivity contribution in [1.29, 1.82) is 0 Å². The number of nitrogens with zero attached hydrogens (tertiary/aromatic N) is 5. The van der Waals surface area contributed by atoms with Crippen molar-refractivity contribution < 1.29 is 4.79 Å². The highest BCUT2D eigenvalue weighted by atomic mass is 16.2. The fraction of sp³-hybridized carbons (Fsp3) is 0.500. The Morgan fingerprint density at radius 2 is 2.09 bits per heavy atom. The van der Waals surface area contributed by atoms with Crippen molar-refractivity contribution >= 4 is 5.91 Å². The van der Waals surface area contributed by atoms with Crippen LogP contribution in [0.2, 0.25) is 0 Å². The summed E-state index contributed by atoms with van der Waals surface area (Å²) in [6.45, 7) is 6.62. The van der Waals surface area contributed by atoms with Gasteiger partial charge in [0.15, 0.2) is 5.82 Å². The lowest BCUT2D eigenvalue weighted by molar-refractivity contribution is 0.0697. The van der Waals surface area contributed by atoms with Crippen LogP contribution in [0.4, 0.5) is 0 Å². The molecule has 1 aliphatic rings. The maximum absolute atomic E-state index is 12.7. The summed E-state index contributed by atoms with van der Waals surface area (Å²) in [5.74, 6) is 1.51. The van der Waals surface area contributed by atoms with Crippen LogP contribution in [-0.4, -0.2) is 44.1 Å². The van der Waals surface area contributed by atoms with Crippen molar-refractivity contribution in [3.63, 3.8) is 0 Å². The summed E-state index contributed by atoms with van der Waals surface area (Å²) in [7, 11) is 0. The molecule has 22 heavy (non-hydrogen) atoms. The zero-order valence-electron chi connectivity index (χ0n) is 13.1. The molecule has 6 nitrogen and oxygen atoms in total. The molecule has 1 saturated heterocycles. The lowest BCUT2D eigenvalue weighted by Crippen LogP contribution is -2.37. The van der Waals surface area contributed by atoms with E-state index in [1.165, 1.54) is 0 Å². The molecule has 6 heteroatoms. The average molecular weight is 299 g/mol. The van der Waals surface area contributed by atoms with Crippen molar-refractivity contribution in [2.24, 2.45) is 5.92 Å². The SMILES string of the molecule is CCn1nnnc1-c1cccc(C(=O)N2CCC(C)CC2)c1. The molecule has 1 amide bonds. The molecule has 116 valence electrons. The highest BCUT2D eigenvalue weighted by molar-refractivity contribution is 5.95. The molecule has 1 fully saturated rings. The Morgan fingerprint density at radius 3 is 2.82 bits per heavy atom. The molecule has 0 radical (unpaired) electrons. The summed E-state index contributed by atoms with van der Waals surface area (Å²) in [4.78, 5) is 14.6. The number of rotatable bonds is 3. The normalized spacial score (nSPS) is 16.0. The Balaban J connectivity index is 1.83. The minimum atomic E-state index is 0.101. The largest absolute Gasteiger partial charge is 0.339 e. The van der Waals surface area contributed by atoms with Crippen molar-refractivity contribution in [3.8, 4) is 11.4 Å². The second kappa shape index (κ2) is 6.25. The van der Waals surface area contributed by atoms with Gasteiger partial charge in [0.2, 0.25) is 0 Å². The standard InChI is InChI=1S/C16H21N5O/c1-3-21-15(17-18-19-21)13-5-4-6-14(11-13)16(22)20-9-7-12(2)8-10-20/h4-6,11-12H,3,7-10H2,1-2H3. The number of benzene rings is 1. The minimum absolute atomic E-state index is 0.101. The first-order chi connectivity index (χ1) is 10.7. The van der Waals surface area contributed by atoms with E-state index in [4.69, 9.17) is 0 Å². The zero-order valence-corrected chi connectivity index (χ0v) is 13.1. The molecule has 1 aromatic carbocycles. The molecule has 1 aliphatic heterocycles. The zero-order chi connectivity index (χ0) is 15.5. The molecule has 0 atom stereocenters. The number of carbonyl (C=O) groups excluding carboxylic acids is 1. The van der Waals surface area contributed by atoms with Crippen LogP contribution >= 0.6 is 0 Å². The predicted molar refractivity (Wildman–Crippen MR) is 83.2 cm³/mol. The summed E-state index contributed by atoms with van der Waals surface area (Å²) in [6, 6.07) is 7.58. The van der Waals surface area contributed by atoms with Gasteiger partial charge in [-0.15, -0.1) is 5.10 Å². The Morgan fingerprint density at radius 1 is 1.32 bits per heavy atom. The summed E-state index contributed by atoms with van der Waals surface area (Å²) >= 11 is 0. The van der Waals surface area contributed by atoms with Gasteiger partial charge in [-0.2, -0.15) is 0 Å². The molecule has 0 aliphatic carbocycles. The maximum atomic E-state index is 12.7. The van der Waals surface area contributed by atoms with Gasteiger partial charge in [-0.1, -0.05) is 19.1 Å². The van der Waals surface area contributed by atoms with Crippen LogP contribution in [0.1, 0.15) is 37.0 Å². The van der Waals surface area contributed by atoms with Gasteiger partial charge in [0.25, 0.3) is 5.91 Å². The number of hydrogen-bond donors (Lipinski definition) is 0. The van der Waals surface area contributed by atoms with Gasteiger partial charge in [-0.25, -0.2) is 4.68 Å². The van der Waals surface area contributed by atoms with E-state index in [2.05, 4.69) is 22.4 Å². The molecule has 0 spiro atoms. The summed E-state index contributed by atoms with van der Waals surface area (Å²) in [5, 5.41) is 11.7. The van der Waals surface area contributed by atoms with E-state index in [-0.39, 0.29) is 5.91 Å². The average Bonchev–Trinajstić information content (AvgIpc) is 3.04. The van der Waals surface area contributed by atoms with Gasteiger partial charge < -0.3 is 4.90 Å². The summed E-state index contributed by atoms with van der Waals surface area (Å²) < 4.78 is 1.73. The molecule has 3 rings (SSSR count). The third-order valence-electron chi connectivity index (χ3n) is 4.27. The van der Waals surface area contributed by atoms with E-state index in [0.717, 1.165) is 31.5 Å². The first-order valence-electron chi connectivity index (χ1n) is 7.85. The topological polar surface area (TPSA) is 63.9 Å². The number of hydrogen-bond acceptors (Lipinski definition) is 4. The van der Waals surface area contributed by atoms with Gasteiger partial charge in [0.1, 0.15) is 0 Å². The van der Waals surface area contributed by atoms with Crippen LogP contribution in [0.15, 0.2) is 24.3 Å². The molecule has 0 unspecified atom stereocenters. The molecular formula is C16H21N5O. The van der Waals surface area contributed by atoms with Gasteiger partial charge in [-0.3, -0.25) is 4.79 Å². The second-order valence-electron chi connectivity index (χ2n) is 5.87. The lowest BCUT2D eigenvalue weighted by atomic mass is 9.98. The third kappa shape index (κ3) is 2.86. The highest BCUT2D eigenvalue weighted by Crippen LogP contribution is 2.21. The van der Waals surface area contributed by atoms with E-state index in [0.29, 0.717) is 23.9 Å². The Kier molecular flexibility index (Phi) is 4.18. The molecule has 2 aromatic rings. The summed E-state index contributed by atoms with van der Waals surface area (Å²) in [5.41, 5.74) is 1.58. The Labute approximate surface area is 130 Å². The number of tetrazole rings is 1. The van der Waals surface area contributed by atoms with Crippen molar-refractivity contribution in [3.05, 3.63) is 29.8 Å². The van der Waals surface area contributed by atoms with Crippen LogP contribution in [0, 0.1) is 5.92 Å². The lowest BCUT2D eigenvalue weighted by Gasteiger charge is -2.30. The number of amides is 1. The third-order valence-corrected chi connectivity index (χ3v) is 4.27. The van der Waals surface area contributed by atoms with Crippen molar-refractivity contribution in [2.75, 3.05) is 13.1 Å². The summed E-state index contributed by atoms with van der Waals surface area (Å²) in [6.07, 6.45) is 2.17. The Hall–Kier alpha value is -2.24. The fourth-order valence-electron chi connectivity index (χ4n) is 2.81. The van der Waals surface area contributed by atoms with Gasteiger partial charge in [-0.05, 0) is 48.2 Å². The van der Waals surface area contributed by atoms with E-state index >= 15 is 0 Å². The molecule has 2 heterocycles. The first-order valence-corrected chi connectivity index (χ1v) is 7.85. The van der Waals surface area contributed by atoms with Crippen LogP contribution in [0.25, 0.3) is 11.4 Å². The van der Waals surface area contributed by atoms with Crippen molar-refractivity contribution in [1.82, 2.24) is 25.1 Å². The van der Waals surface area contributed by atoms with E-state index in [9.17, 15) is 4.79 Å².